The second-order valence-electron chi connectivity index (χ2n) is 8.88. The molecule has 2 aliphatic heterocycles. The number of nitro groups is 1. The lowest BCUT2D eigenvalue weighted by Crippen LogP contribution is -2.63. The average Bonchev–Trinajstić information content (AvgIpc) is 2.95. The molecule has 0 N–H and O–H groups in total. The highest BCUT2D eigenvalue weighted by atomic mass is 16.8. The van der Waals surface area contributed by atoms with E-state index in [1.54, 1.807) is 25.3 Å². The van der Waals surface area contributed by atoms with Crippen LogP contribution in [0.1, 0.15) is 23.0 Å². The molecule has 0 spiro atoms. The van der Waals surface area contributed by atoms with Crippen LogP contribution in [0, 0.1) is 10.1 Å². The van der Waals surface area contributed by atoms with Gasteiger partial charge in [0.2, 0.25) is 0 Å². The van der Waals surface area contributed by atoms with Gasteiger partial charge in [0.1, 0.15) is 24.4 Å². The summed E-state index contributed by atoms with van der Waals surface area (Å²) in [7, 11) is 1.55. The van der Waals surface area contributed by atoms with E-state index in [0.29, 0.717) is 18.8 Å². The number of ether oxygens (including phenoxy) is 6. The molecule has 5 rings (SSSR count). The Balaban J connectivity index is 1.42. The van der Waals surface area contributed by atoms with Crippen LogP contribution >= 0.6 is 0 Å². The fourth-order valence-electron chi connectivity index (χ4n) is 4.65. The van der Waals surface area contributed by atoms with Gasteiger partial charge in [0, 0.05) is 13.2 Å². The minimum Gasteiger partial charge on any atom is -0.368 e. The maximum absolute atomic E-state index is 11.6. The van der Waals surface area contributed by atoms with Crippen molar-refractivity contribution in [2.75, 3.05) is 13.7 Å². The van der Waals surface area contributed by atoms with E-state index < -0.39 is 41.9 Å². The number of hydrogen-bond acceptors (Lipinski definition) is 8. The van der Waals surface area contributed by atoms with Gasteiger partial charge in [-0.3, -0.25) is 10.1 Å². The van der Waals surface area contributed by atoms with E-state index in [-0.39, 0.29) is 12.3 Å². The number of nitrogens with zero attached hydrogens (tertiary/aromatic N) is 1. The normalized spacial score (nSPS) is 27.4. The molecule has 1 unspecified atom stereocenters. The Bertz CT molecular complexity index is 1160. The lowest BCUT2D eigenvalue weighted by Gasteiger charge is -2.48. The van der Waals surface area contributed by atoms with E-state index in [0.717, 1.165) is 11.1 Å². The zero-order valence-corrected chi connectivity index (χ0v) is 20.4. The largest absolute Gasteiger partial charge is 0.368 e. The summed E-state index contributed by atoms with van der Waals surface area (Å²) in [6.45, 7) is 0.788. The summed E-state index contributed by atoms with van der Waals surface area (Å²) in [5, 5.41) is 11.6. The minimum absolute atomic E-state index is 0.0731. The number of rotatable bonds is 9. The predicted molar refractivity (Wildman–Crippen MR) is 132 cm³/mol. The van der Waals surface area contributed by atoms with Gasteiger partial charge in [0.25, 0.3) is 5.69 Å². The summed E-state index contributed by atoms with van der Waals surface area (Å²) in [6, 6.07) is 26.0. The lowest BCUT2D eigenvalue weighted by atomic mass is 9.97. The van der Waals surface area contributed by atoms with Gasteiger partial charge in [-0.25, -0.2) is 0 Å². The van der Waals surface area contributed by atoms with Crippen LogP contribution in [0.5, 0.6) is 0 Å². The molecule has 9 heteroatoms. The number of fused-ring (bicyclic) bond motifs is 1. The van der Waals surface area contributed by atoms with Crippen molar-refractivity contribution in [1.82, 2.24) is 0 Å². The Morgan fingerprint density at radius 2 is 1.43 bits per heavy atom. The molecule has 2 aliphatic rings. The fourth-order valence-corrected chi connectivity index (χ4v) is 4.65. The van der Waals surface area contributed by atoms with Crippen LogP contribution in [0.15, 0.2) is 84.9 Å². The maximum Gasteiger partial charge on any atom is 0.277 e. The third-order valence-electron chi connectivity index (χ3n) is 6.47. The monoisotopic (exact) mass is 507 g/mol. The fraction of sp³-hybridized carbons (Fsp3) is 0.357. The molecule has 0 bridgehead atoms. The van der Waals surface area contributed by atoms with Gasteiger partial charge >= 0.3 is 0 Å². The quantitative estimate of drug-likeness (QED) is 0.307. The highest BCUT2D eigenvalue weighted by Gasteiger charge is 2.52. The van der Waals surface area contributed by atoms with Crippen LogP contribution in [-0.2, 0) is 41.6 Å². The summed E-state index contributed by atoms with van der Waals surface area (Å²) in [4.78, 5) is 11.2. The molecular weight excluding hydrogens is 478 g/mol. The van der Waals surface area contributed by atoms with Gasteiger partial charge in [-0.2, -0.15) is 0 Å². The SMILES string of the molecule is CO[C@H]1O[C@@H]2COC(c3ccccc3[N+](=O)[O-])O[C@H]2[C@H](OCc2ccccc2)[C@@H]1OCc1ccccc1. The number of methoxy groups -OCH3 is 1. The van der Waals surface area contributed by atoms with Crippen LogP contribution in [0.3, 0.4) is 0 Å². The summed E-state index contributed by atoms with van der Waals surface area (Å²) in [5.41, 5.74) is 2.25. The first kappa shape index (κ1) is 25.5. The van der Waals surface area contributed by atoms with E-state index in [2.05, 4.69) is 0 Å². The van der Waals surface area contributed by atoms with Crippen molar-refractivity contribution in [3.63, 3.8) is 0 Å². The van der Waals surface area contributed by atoms with Crippen LogP contribution in [-0.4, -0.2) is 49.3 Å². The van der Waals surface area contributed by atoms with Crippen LogP contribution in [0.4, 0.5) is 5.69 Å². The maximum atomic E-state index is 11.6. The minimum atomic E-state index is -0.955. The van der Waals surface area contributed by atoms with Crippen molar-refractivity contribution in [1.29, 1.82) is 0 Å². The van der Waals surface area contributed by atoms with Crippen molar-refractivity contribution in [2.45, 2.75) is 50.2 Å². The van der Waals surface area contributed by atoms with Gasteiger partial charge in [-0.1, -0.05) is 72.8 Å². The molecule has 0 aromatic heterocycles. The third kappa shape index (κ3) is 5.88. The molecule has 194 valence electrons. The lowest BCUT2D eigenvalue weighted by molar-refractivity contribution is -0.392. The summed E-state index contributed by atoms with van der Waals surface area (Å²) >= 11 is 0. The molecule has 3 aromatic rings. The first-order valence-corrected chi connectivity index (χ1v) is 12.1. The second kappa shape index (κ2) is 11.9. The molecular formula is C28H29NO8. The highest BCUT2D eigenvalue weighted by molar-refractivity contribution is 5.40. The van der Waals surface area contributed by atoms with Crippen molar-refractivity contribution in [3.8, 4) is 0 Å². The zero-order valence-electron chi connectivity index (χ0n) is 20.4. The molecule has 2 saturated heterocycles. The summed E-state index contributed by atoms with van der Waals surface area (Å²) < 4.78 is 36.8. The van der Waals surface area contributed by atoms with Gasteiger partial charge in [-0.05, 0) is 17.2 Å². The molecule has 6 atom stereocenters. The van der Waals surface area contributed by atoms with Crippen molar-refractivity contribution in [3.05, 3.63) is 112 Å². The van der Waals surface area contributed by atoms with E-state index >= 15 is 0 Å². The van der Waals surface area contributed by atoms with Crippen molar-refractivity contribution >= 4 is 5.69 Å². The second-order valence-corrected chi connectivity index (χ2v) is 8.88. The Morgan fingerprint density at radius 1 is 0.838 bits per heavy atom. The van der Waals surface area contributed by atoms with Crippen LogP contribution in [0.2, 0.25) is 0 Å². The smallest absolute Gasteiger partial charge is 0.277 e. The number of hydrogen-bond donors (Lipinski definition) is 0. The van der Waals surface area contributed by atoms with Crippen molar-refractivity contribution in [2.24, 2.45) is 0 Å². The van der Waals surface area contributed by atoms with Gasteiger partial charge < -0.3 is 28.4 Å². The third-order valence-corrected chi connectivity index (χ3v) is 6.47. The van der Waals surface area contributed by atoms with Crippen LogP contribution in [0.25, 0.3) is 0 Å². The van der Waals surface area contributed by atoms with E-state index in [1.807, 2.05) is 60.7 Å². The van der Waals surface area contributed by atoms with Gasteiger partial charge in [-0.15, -0.1) is 0 Å². The molecule has 0 saturated carbocycles. The first-order chi connectivity index (χ1) is 18.1. The molecule has 0 aliphatic carbocycles. The molecule has 2 fully saturated rings. The number of benzene rings is 3. The van der Waals surface area contributed by atoms with E-state index in [9.17, 15) is 10.1 Å². The van der Waals surface area contributed by atoms with Crippen molar-refractivity contribution < 1.29 is 33.3 Å². The summed E-state index contributed by atoms with van der Waals surface area (Å²) in [6.07, 6.45) is -4.03. The molecule has 0 amide bonds. The predicted octanol–water partition coefficient (Wildman–Crippen LogP) is 4.55. The Labute approximate surface area is 215 Å². The molecule has 37 heavy (non-hydrogen) atoms. The highest BCUT2D eigenvalue weighted by Crippen LogP contribution is 2.39. The van der Waals surface area contributed by atoms with Crippen LogP contribution < -0.4 is 0 Å². The molecule has 0 radical (unpaired) electrons. The topological polar surface area (TPSA) is 98.5 Å². The Kier molecular flexibility index (Phi) is 8.20. The zero-order chi connectivity index (χ0) is 25.6. The van der Waals surface area contributed by atoms with E-state index in [4.69, 9.17) is 28.4 Å². The van der Waals surface area contributed by atoms with Gasteiger partial charge in [0.05, 0.1) is 30.3 Å². The van der Waals surface area contributed by atoms with Gasteiger partial charge in [0.15, 0.2) is 12.6 Å². The van der Waals surface area contributed by atoms with E-state index in [1.165, 1.54) is 6.07 Å². The first-order valence-electron chi connectivity index (χ1n) is 12.1. The average molecular weight is 508 g/mol. The number of para-hydroxylation sites is 1. The molecule has 2 heterocycles. The standard InChI is InChI=1S/C28H29NO8/c1-32-28-26(34-17-20-12-6-3-7-13-20)25(33-16-19-10-4-2-5-11-19)24-23(36-28)18-35-27(37-24)21-14-8-9-15-22(21)29(30)31/h2-15,23-28H,16-18H2,1H3/t23-,24-,25+,26+,27?,28+/m1/s1. The summed E-state index contributed by atoms with van der Waals surface area (Å²) in [5.74, 6) is 0. The Hall–Kier alpha value is -3.18. The molecule has 3 aromatic carbocycles. The Morgan fingerprint density at radius 3 is 2.05 bits per heavy atom. The molecule has 9 nitrogen and oxygen atoms in total. The number of nitro benzene ring substituents is 1.